The van der Waals surface area contributed by atoms with E-state index in [4.69, 9.17) is 4.99 Å². The number of hydrogen-bond acceptors (Lipinski definition) is 2. The van der Waals surface area contributed by atoms with E-state index in [1.165, 1.54) is 25.7 Å². The predicted octanol–water partition coefficient (Wildman–Crippen LogP) is 3.16. The molecule has 0 aliphatic heterocycles. The minimum Gasteiger partial charge on any atom is -0.396 e. The van der Waals surface area contributed by atoms with Crippen molar-refractivity contribution in [1.29, 1.82) is 0 Å². The topological polar surface area (TPSA) is 56.7 Å². The maximum absolute atomic E-state index is 9.22. The first-order chi connectivity index (χ1) is 10.5. The number of aliphatic imine (C=N–C) groups is 1. The average Bonchev–Trinajstić information content (AvgIpc) is 2.47. The fraction of sp³-hybridized carbons (Fsp3) is 0.944. The van der Waals surface area contributed by atoms with Gasteiger partial charge in [0, 0.05) is 25.7 Å². The zero-order chi connectivity index (χ0) is 16.4. The maximum atomic E-state index is 9.22. The van der Waals surface area contributed by atoms with Crippen molar-refractivity contribution in [3.8, 4) is 0 Å². The molecular weight excluding hydrogens is 274 g/mol. The Kier molecular flexibility index (Phi) is 9.53. The molecule has 0 bridgehead atoms. The second-order valence-corrected chi connectivity index (χ2v) is 7.33. The van der Waals surface area contributed by atoms with Crippen molar-refractivity contribution in [2.45, 2.75) is 72.3 Å². The van der Waals surface area contributed by atoms with Crippen LogP contribution in [0, 0.1) is 17.8 Å². The molecule has 3 N–H and O–H groups in total. The second kappa shape index (κ2) is 10.9. The molecule has 1 saturated carbocycles. The van der Waals surface area contributed by atoms with Crippen LogP contribution in [0.5, 0.6) is 0 Å². The third kappa shape index (κ3) is 8.02. The molecule has 4 nitrogen and oxygen atoms in total. The molecule has 1 rings (SSSR count). The van der Waals surface area contributed by atoms with Crippen LogP contribution < -0.4 is 10.6 Å². The molecule has 0 aromatic rings. The van der Waals surface area contributed by atoms with Gasteiger partial charge in [-0.15, -0.1) is 0 Å². The molecule has 4 heteroatoms. The molecule has 0 spiro atoms. The number of nitrogens with one attached hydrogen (secondary N) is 2. The summed E-state index contributed by atoms with van der Waals surface area (Å²) in [5.41, 5.74) is 0. The number of nitrogens with zero attached hydrogens (tertiary/aromatic N) is 1. The molecule has 1 fully saturated rings. The van der Waals surface area contributed by atoms with Gasteiger partial charge in [0.05, 0.1) is 0 Å². The number of rotatable bonds is 8. The van der Waals surface area contributed by atoms with Crippen LogP contribution >= 0.6 is 0 Å². The lowest BCUT2D eigenvalue weighted by Crippen LogP contribution is -2.45. The van der Waals surface area contributed by atoms with Gasteiger partial charge in [0.1, 0.15) is 0 Å². The zero-order valence-corrected chi connectivity index (χ0v) is 15.1. The molecule has 1 aliphatic rings. The Morgan fingerprint density at radius 1 is 1.23 bits per heavy atom. The summed E-state index contributed by atoms with van der Waals surface area (Å²) in [5, 5.41) is 16.2. The van der Waals surface area contributed by atoms with Crippen molar-refractivity contribution in [3.05, 3.63) is 0 Å². The van der Waals surface area contributed by atoms with Gasteiger partial charge in [0.2, 0.25) is 0 Å². The van der Waals surface area contributed by atoms with Crippen LogP contribution in [0.4, 0.5) is 0 Å². The van der Waals surface area contributed by atoms with Gasteiger partial charge < -0.3 is 15.7 Å². The lowest BCUT2D eigenvalue weighted by Gasteiger charge is -2.28. The summed E-state index contributed by atoms with van der Waals surface area (Å²) in [6.45, 7) is 10.9. The lowest BCUT2D eigenvalue weighted by molar-refractivity contribution is 0.245. The van der Waals surface area contributed by atoms with Gasteiger partial charge in [-0.3, -0.25) is 4.99 Å². The van der Waals surface area contributed by atoms with Gasteiger partial charge in [-0.2, -0.15) is 0 Å². The summed E-state index contributed by atoms with van der Waals surface area (Å²) < 4.78 is 0. The van der Waals surface area contributed by atoms with E-state index in [1.807, 2.05) is 0 Å². The van der Waals surface area contributed by atoms with Gasteiger partial charge >= 0.3 is 0 Å². The van der Waals surface area contributed by atoms with E-state index in [0.29, 0.717) is 17.9 Å². The molecule has 130 valence electrons. The Labute approximate surface area is 137 Å². The number of aliphatic hydroxyl groups excluding tert-OH is 1. The van der Waals surface area contributed by atoms with Gasteiger partial charge in [-0.25, -0.2) is 0 Å². The molecular formula is C18H37N3O. The van der Waals surface area contributed by atoms with E-state index in [1.54, 1.807) is 0 Å². The molecule has 0 aromatic carbocycles. The minimum absolute atomic E-state index is 0.261. The Morgan fingerprint density at radius 3 is 2.45 bits per heavy atom. The SMILES string of the molecule is CCNC(=NCC(CCO)CC(C)C)NC1CCC(C)CC1. The molecule has 1 unspecified atom stereocenters. The molecule has 22 heavy (non-hydrogen) atoms. The van der Waals surface area contributed by atoms with Crippen molar-refractivity contribution >= 4 is 5.96 Å². The lowest BCUT2D eigenvalue weighted by atomic mass is 9.87. The van der Waals surface area contributed by atoms with Gasteiger partial charge in [-0.05, 0) is 63.2 Å². The van der Waals surface area contributed by atoms with Gasteiger partial charge in [-0.1, -0.05) is 20.8 Å². The Bertz CT molecular complexity index is 309. The Balaban J connectivity index is 2.51. The second-order valence-electron chi connectivity index (χ2n) is 7.33. The van der Waals surface area contributed by atoms with E-state index in [-0.39, 0.29) is 6.61 Å². The normalized spacial score (nSPS) is 24.4. The highest BCUT2D eigenvalue weighted by atomic mass is 16.3. The van der Waals surface area contributed by atoms with Crippen molar-refractivity contribution in [3.63, 3.8) is 0 Å². The predicted molar refractivity (Wildman–Crippen MR) is 95.2 cm³/mol. The number of aliphatic hydroxyl groups is 1. The quantitative estimate of drug-likeness (QED) is 0.477. The van der Waals surface area contributed by atoms with Crippen LogP contribution in [0.2, 0.25) is 0 Å². The van der Waals surface area contributed by atoms with Crippen LogP contribution in [0.15, 0.2) is 4.99 Å². The summed E-state index contributed by atoms with van der Waals surface area (Å²) in [5.74, 6) is 2.96. The molecule has 0 aromatic heterocycles. The largest absolute Gasteiger partial charge is 0.396 e. The fourth-order valence-corrected chi connectivity index (χ4v) is 3.27. The van der Waals surface area contributed by atoms with Crippen LogP contribution in [0.3, 0.4) is 0 Å². The maximum Gasteiger partial charge on any atom is 0.191 e. The first-order valence-electron chi connectivity index (χ1n) is 9.20. The first kappa shape index (κ1) is 19.3. The standard InChI is InChI=1S/C18H37N3O/c1-5-19-18(21-17-8-6-15(4)7-9-17)20-13-16(10-11-22)12-14(2)3/h14-17,22H,5-13H2,1-4H3,(H2,19,20,21). The molecule has 1 aliphatic carbocycles. The number of hydrogen-bond donors (Lipinski definition) is 3. The highest BCUT2D eigenvalue weighted by Gasteiger charge is 2.19. The summed E-state index contributed by atoms with van der Waals surface area (Å²) in [4.78, 5) is 4.78. The molecule has 0 radical (unpaired) electrons. The van der Waals surface area contributed by atoms with E-state index >= 15 is 0 Å². The van der Waals surface area contributed by atoms with Crippen LogP contribution in [-0.2, 0) is 0 Å². The highest BCUT2D eigenvalue weighted by Crippen LogP contribution is 2.23. The summed E-state index contributed by atoms with van der Waals surface area (Å²) in [6.07, 6.45) is 7.11. The zero-order valence-electron chi connectivity index (χ0n) is 15.1. The third-order valence-corrected chi connectivity index (χ3v) is 4.55. The molecule has 0 saturated heterocycles. The first-order valence-corrected chi connectivity index (χ1v) is 9.20. The average molecular weight is 312 g/mol. The van der Waals surface area contributed by atoms with Crippen molar-refractivity contribution in [2.75, 3.05) is 19.7 Å². The smallest absolute Gasteiger partial charge is 0.191 e. The minimum atomic E-state index is 0.261. The molecule has 0 heterocycles. The van der Waals surface area contributed by atoms with Crippen molar-refractivity contribution in [1.82, 2.24) is 10.6 Å². The fourth-order valence-electron chi connectivity index (χ4n) is 3.27. The van der Waals surface area contributed by atoms with E-state index in [9.17, 15) is 5.11 Å². The molecule has 1 atom stereocenters. The van der Waals surface area contributed by atoms with Crippen molar-refractivity contribution in [2.24, 2.45) is 22.7 Å². The summed E-state index contributed by atoms with van der Waals surface area (Å²) >= 11 is 0. The summed E-state index contributed by atoms with van der Waals surface area (Å²) in [6, 6.07) is 0.565. The van der Waals surface area contributed by atoms with E-state index in [2.05, 4.69) is 38.3 Å². The van der Waals surface area contributed by atoms with Crippen LogP contribution in [0.1, 0.15) is 66.2 Å². The van der Waals surface area contributed by atoms with Crippen LogP contribution in [0.25, 0.3) is 0 Å². The van der Waals surface area contributed by atoms with E-state index in [0.717, 1.165) is 37.8 Å². The Hall–Kier alpha value is -0.770. The monoisotopic (exact) mass is 311 g/mol. The van der Waals surface area contributed by atoms with Gasteiger partial charge in [0.15, 0.2) is 5.96 Å². The summed E-state index contributed by atoms with van der Waals surface area (Å²) in [7, 11) is 0. The third-order valence-electron chi connectivity index (χ3n) is 4.55. The number of guanidine groups is 1. The van der Waals surface area contributed by atoms with Crippen molar-refractivity contribution < 1.29 is 5.11 Å². The molecule has 0 amide bonds. The highest BCUT2D eigenvalue weighted by molar-refractivity contribution is 5.80. The Morgan fingerprint density at radius 2 is 1.91 bits per heavy atom. The van der Waals surface area contributed by atoms with E-state index < -0.39 is 0 Å². The van der Waals surface area contributed by atoms with Crippen LogP contribution in [-0.4, -0.2) is 36.8 Å². The van der Waals surface area contributed by atoms with Gasteiger partial charge in [0.25, 0.3) is 0 Å².